The minimum Gasteiger partial charge on any atom is -0.496 e. The molecule has 0 unspecified atom stereocenters. The largest absolute Gasteiger partial charge is 0.496 e. The van der Waals surface area contributed by atoms with E-state index in [0.717, 1.165) is 12.0 Å². The van der Waals surface area contributed by atoms with E-state index in [1.807, 2.05) is 19.1 Å². The minimum absolute atomic E-state index is 0.140. The summed E-state index contributed by atoms with van der Waals surface area (Å²) in [6, 6.07) is 10.9. The van der Waals surface area contributed by atoms with Crippen LogP contribution in [0.4, 0.5) is 0 Å². The molecule has 0 saturated heterocycles. The SMILES string of the molecule is COc1cc(OC)c(C(=O)OCC(=O)N[C@@H](C)c2ccc(CC(C)C)cc2)cc1OC. The maximum Gasteiger partial charge on any atom is 0.342 e. The molecule has 0 bridgehead atoms. The van der Waals surface area contributed by atoms with Crippen LogP contribution in [0.25, 0.3) is 0 Å². The molecule has 0 radical (unpaired) electrons. The van der Waals surface area contributed by atoms with Gasteiger partial charge in [-0.15, -0.1) is 0 Å². The van der Waals surface area contributed by atoms with Crippen LogP contribution in [0.5, 0.6) is 17.2 Å². The van der Waals surface area contributed by atoms with Crippen LogP contribution in [0, 0.1) is 5.92 Å². The Morgan fingerprint density at radius 1 is 0.871 bits per heavy atom. The third-order valence-electron chi connectivity index (χ3n) is 4.76. The number of hydrogen-bond acceptors (Lipinski definition) is 6. The van der Waals surface area contributed by atoms with Crippen LogP contribution in [-0.4, -0.2) is 39.8 Å². The molecule has 0 fully saturated rings. The van der Waals surface area contributed by atoms with E-state index in [1.54, 1.807) is 0 Å². The normalized spacial score (nSPS) is 11.6. The summed E-state index contributed by atoms with van der Waals surface area (Å²) in [4.78, 5) is 24.8. The predicted octanol–water partition coefficient (Wildman–Crippen LogP) is 3.95. The average molecular weight is 430 g/mol. The highest BCUT2D eigenvalue weighted by molar-refractivity contribution is 5.95. The van der Waals surface area contributed by atoms with E-state index >= 15 is 0 Å². The first-order chi connectivity index (χ1) is 14.8. The lowest BCUT2D eigenvalue weighted by molar-refractivity contribution is -0.124. The lowest BCUT2D eigenvalue weighted by Gasteiger charge is -2.16. The van der Waals surface area contributed by atoms with Gasteiger partial charge in [-0.2, -0.15) is 0 Å². The smallest absolute Gasteiger partial charge is 0.342 e. The molecule has 2 aromatic rings. The number of nitrogens with one attached hydrogen (secondary N) is 1. The van der Waals surface area contributed by atoms with Crippen molar-refractivity contribution in [1.82, 2.24) is 5.32 Å². The van der Waals surface area contributed by atoms with Crippen molar-refractivity contribution in [2.45, 2.75) is 33.2 Å². The van der Waals surface area contributed by atoms with E-state index in [-0.39, 0.29) is 17.4 Å². The van der Waals surface area contributed by atoms with Gasteiger partial charge in [0, 0.05) is 12.1 Å². The molecule has 0 aliphatic rings. The Morgan fingerprint density at radius 3 is 2.00 bits per heavy atom. The zero-order valence-corrected chi connectivity index (χ0v) is 19.0. The van der Waals surface area contributed by atoms with Gasteiger partial charge in [0.25, 0.3) is 5.91 Å². The van der Waals surface area contributed by atoms with Gasteiger partial charge in [0.05, 0.1) is 27.4 Å². The summed E-state index contributed by atoms with van der Waals surface area (Å²) >= 11 is 0. The number of rotatable bonds is 10. The van der Waals surface area contributed by atoms with Crippen molar-refractivity contribution >= 4 is 11.9 Å². The Bertz CT molecular complexity index is 892. The summed E-state index contributed by atoms with van der Waals surface area (Å²) in [6.07, 6.45) is 1.01. The van der Waals surface area contributed by atoms with Gasteiger partial charge in [-0.25, -0.2) is 4.79 Å². The van der Waals surface area contributed by atoms with Gasteiger partial charge < -0.3 is 24.3 Å². The van der Waals surface area contributed by atoms with Gasteiger partial charge in [0.15, 0.2) is 18.1 Å². The lowest BCUT2D eigenvalue weighted by atomic mass is 10.00. The highest BCUT2D eigenvalue weighted by Gasteiger charge is 2.20. The molecular formula is C24H31NO6. The molecule has 0 saturated carbocycles. The molecule has 2 rings (SSSR count). The van der Waals surface area contributed by atoms with Crippen molar-refractivity contribution in [2.75, 3.05) is 27.9 Å². The Labute approximate surface area is 183 Å². The van der Waals surface area contributed by atoms with Crippen LogP contribution in [-0.2, 0) is 16.0 Å². The van der Waals surface area contributed by atoms with Crippen LogP contribution < -0.4 is 19.5 Å². The number of methoxy groups -OCH3 is 3. The van der Waals surface area contributed by atoms with Crippen molar-refractivity contribution < 1.29 is 28.5 Å². The fraction of sp³-hybridized carbons (Fsp3) is 0.417. The molecule has 0 spiro atoms. The first-order valence-corrected chi connectivity index (χ1v) is 10.1. The van der Waals surface area contributed by atoms with Crippen LogP contribution in [0.15, 0.2) is 36.4 Å². The van der Waals surface area contributed by atoms with Crippen molar-refractivity contribution in [3.63, 3.8) is 0 Å². The van der Waals surface area contributed by atoms with Crippen LogP contribution in [0.3, 0.4) is 0 Å². The molecule has 0 heterocycles. The molecule has 7 nitrogen and oxygen atoms in total. The van der Waals surface area contributed by atoms with Gasteiger partial charge in [-0.3, -0.25) is 4.79 Å². The molecule has 2 aromatic carbocycles. The van der Waals surface area contributed by atoms with Gasteiger partial charge in [-0.1, -0.05) is 38.1 Å². The first kappa shape index (κ1) is 24.1. The summed E-state index contributed by atoms with van der Waals surface area (Å²) < 4.78 is 20.8. The molecule has 7 heteroatoms. The van der Waals surface area contributed by atoms with Gasteiger partial charge >= 0.3 is 5.97 Å². The molecular weight excluding hydrogens is 398 g/mol. The highest BCUT2D eigenvalue weighted by atomic mass is 16.5. The molecule has 0 aliphatic heterocycles. The van der Waals surface area contributed by atoms with E-state index in [2.05, 4.69) is 31.3 Å². The number of carbonyl (C=O) groups is 2. The second kappa shape index (κ2) is 11.2. The third-order valence-corrected chi connectivity index (χ3v) is 4.76. The molecule has 1 atom stereocenters. The van der Waals surface area contributed by atoms with Gasteiger partial charge in [0.2, 0.25) is 0 Å². The lowest BCUT2D eigenvalue weighted by Crippen LogP contribution is -2.31. The van der Waals surface area contributed by atoms with E-state index in [9.17, 15) is 9.59 Å². The van der Waals surface area contributed by atoms with E-state index in [0.29, 0.717) is 17.4 Å². The Kier molecular flexibility index (Phi) is 8.73. The number of esters is 1. The molecule has 31 heavy (non-hydrogen) atoms. The number of carbonyl (C=O) groups excluding carboxylic acids is 2. The standard InChI is InChI=1S/C24H31NO6/c1-15(2)11-17-7-9-18(10-8-17)16(3)25-23(26)14-31-24(27)19-12-21(29-5)22(30-6)13-20(19)28-4/h7-10,12-13,15-16H,11,14H2,1-6H3,(H,25,26)/t16-/m0/s1. The molecule has 1 amide bonds. The topological polar surface area (TPSA) is 83.1 Å². The summed E-state index contributed by atoms with van der Waals surface area (Å²) in [5.74, 6) is 0.529. The molecule has 0 aliphatic carbocycles. The number of hydrogen-bond donors (Lipinski definition) is 1. The molecule has 168 valence electrons. The van der Waals surface area contributed by atoms with Gasteiger partial charge in [-0.05, 0) is 30.4 Å². The number of amides is 1. The number of benzene rings is 2. The summed E-state index contributed by atoms with van der Waals surface area (Å²) in [5, 5.41) is 2.84. The van der Waals surface area contributed by atoms with Crippen molar-refractivity contribution in [2.24, 2.45) is 5.92 Å². The molecule has 1 N–H and O–H groups in total. The Balaban J connectivity index is 1.97. The quantitative estimate of drug-likeness (QED) is 0.576. The Hall–Kier alpha value is -3.22. The number of ether oxygens (including phenoxy) is 4. The monoisotopic (exact) mass is 429 g/mol. The van der Waals surface area contributed by atoms with Crippen molar-refractivity contribution in [1.29, 1.82) is 0 Å². The first-order valence-electron chi connectivity index (χ1n) is 10.1. The summed E-state index contributed by atoms with van der Waals surface area (Å²) in [6.45, 7) is 5.83. The van der Waals surface area contributed by atoms with Crippen molar-refractivity contribution in [3.05, 3.63) is 53.1 Å². The highest BCUT2D eigenvalue weighted by Crippen LogP contribution is 2.34. The maximum atomic E-state index is 12.5. The van der Waals surface area contributed by atoms with Crippen molar-refractivity contribution in [3.8, 4) is 17.2 Å². The van der Waals surface area contributed by atoms with E-state index in [1.165, 1.54) is 39.0 Å². The van der Waals surface area contributed by atoms with E-state index < -0.39 is 18.5 Å². The van der Waals surface area contributed by atoms with Crippen LogP contribution >= 0.6 is 0 Å². The second-order valence-corrected chi connectivity index (χ2v) is 7.61. The van der Waals surface area contributed by atoms with Crippen LogP contribution in [0.2, 0.25) is 0 Å². The Morgan fingerprint density at radius 2 is 1.45 bits per heavy atom. The predicted molar refractivity (Wildman–Crippen MR) is 118 cm³/mol. The zero-order valence-electron chi connectivity index (χ0n) is 19.0. The fourth-order valence-electron chi connectivity index (χ4n) is 3.18. The maximum absolute atomic E-state index is 12.5. The third kappa shape index (κ3) is 6.64. The summed E-state index contributed by atoms with van der Waals surface area (Å²) in [7, 11) is 4.38. The second-order valence-electron chi connectivity index (χ2n) is 7.61. The fourth-order valence-corrected chi connectivity index (χ4v) is 3.18. The zero-order chi connectivity index (χ0) is 23.0. The van der Waals surface area contributed by atoms with Crippen LogP contribution in [0.1, 0.15) is 48.3 Å². The van der Waals surface area contributed by atoms with E-state index in [4.69, 9.17) is 18.9 Å². The summed E-state index contributed by atoms with van der Waals surface area (Å²) in [5.41, 5.74) is 2.38. The average Bonchev–Trinajstić information content (AvgIpc) is 2.76. The molecule has 0 aromatic heterocycles. The minimum atomic E-state index is -0.696. The van der Waals surface area contributed by atoms with Gasteiger partial charge in [0.1, 0.15) is 11.3 Å².